The second-order valence-corrected chi connectivity index (χ2v) is 5.50. The van der Waals surface area contributed by atoms with Gasteiger partial charge in [-0.25, -0.2) is 0 Å². The SMILES string of the molecule is C=C(C)CNC1CCC(SCC)C1. The van der Waals surface area contributed by atoms with E-state index in [1.165, 1.54) is 30.6 Å². The minimum atomic E-state index is 0.751. The second-order valence-electron chi connectivity index (χ2n) is 3.93. The van der Waals surface area contributed by atoms with Crippen LogP contribution in [0.5, 0.6) is 0 Å². The molecule has 2 atom stereocenters. The highest BCUT2D eigenvalue weighted by Gasteiger charge is 2.23. The van der Waals surface area contributed by atoms with Crippen LogP contribution in [0.25, 0.3) is 0 Å². The molecule has 1 nitrogen and oxygen atoms in total. The van der Waals surface area contributed by atoms with Crippen molar-refractivity contribution in [1.29, 1.82) is 0 Å². The summed E-state index contributed by atoms with van der Waals surface area (Å²) >= 11 is 2.11. The predicted octanol–water partition coefficient (Wildman–Crippen LogP) is 2.83. The molecule has 1 rings (SSSR count). The number of nitrogens with one attached hydrogen (secondary N) is 1. The summed E-state index contributed by atoms with van der Waals surface area (Å²) in [4.78, 5) is 0. The van der Waals surface area contributed by atoms with Crippen molar-refractivity contribution in [3.05, 3.63) is 12.2 Å². The van der Waals surface area contributed by atoms with E-state index in [1.807, 2.05) is 0 Å². The Morgan fingerprint density at radius 2 is 2.31 bits per heavy atom. The first-order valence-electron chi connectivity index (χ1n) is 5.21. The molecule has 0 aromatic rings. The van der Waals surface area contributed by atoms with Crippen molar-refractivity contribution in [2.45, 2.75) is 44.4 Å². The topological polar surface area (TPSA) is 12.0 Å². The van der Waals surface area contributed by atoms with E-state index >= 15 is 0 Å². The molecule has 1 aliphatic rings. The average Bonchev–Trinajstić information content (AvgIpc) is 2.50. The van der Waals surface area contributed by atoms with Gasteiger partial charge in [0.15, 0.2) is 0 Å². The molecule has 0 spiro atoms. The molecule has 0 aromatic carbocycles. The molecule has 0 bridgehead atoms. The Morgan fingerprint density at radius 3 is 2.92 bits per heavy atom. The lowest BCUT2D eigenvalue weighted by Gasteiger charge is -2.12. The van der Waals surface area contributed by atoms with Crippen molar-refractivity contribution >= 4 is 11.8 Å². The van der Waals surface area contributed by atoms with Crippen LogP contribution in [0.3, 0.4) is 0 Å². The van der Waals surface area contributed by atoms with Gasteiger partial charge in [-0.1, -0.05) is 19.1 Å². The summed E-state index contributed by atoms with van der Waals surface area (Å²) in [5, 5.41) is 4.47. The van der Waals surface area contributed by atoms with Crippen LogP contribution in [0.1, 0.15) is 33.1 Å². The Balaban J connectivity index is 2.13. The van der Waals surface area contributed by atoms with E-state index < -0.39 is 0 Å². The van der Waals surface area contributed by atoms with Gasteiger partial charge in [-0.3, -0.25) is 0 Å². The van der Waals surface area contributed by atoms with Gasteiger partial charge in [0.2, 0.25) is 0 Å². The summed E-state index contributed by atoms with van der Waals surface area (Å²) in [6.07, 6.45) is 4.10. The van der Waals surface area contributed by atoms with E-state index in [-0.39, 0.29) is 0 Å². The van der Waals surface area contributed by atoms with Crippen molar-refractivity contribution in [2.75, 3.05) is 12.3 Å². The summed E-state index contributed by atoms with van der Waals surface area (Å²) in [5.41, 5.74) is 1.24. The van der Waals surface area contributed by atoms with Gasteiger partial charge in [0.25, 0.3) is 0 Å². The molecule has 1 aliphatic carbocycles. The first-order valence-corrected chi connectivity index (χ1v) is 6.26. The zero-order valence-corrected chi connectivity index (χ0v) is 9.62. The van der Waals surface area contributed by atoms with Crippen molar-refractivity contribution < 1.29 is 0 Å². The van der Waals surface area contributed by atoms with E-state index in [9.17, 15) is 0 Å². The molecule has 0 aromatic heterocycles. The fourth-order valence-electron chi connectivity index (χ4n) is 1.83. The Labute approximate surface area is 86.4 Å². The van der Waals surface area contributed by atoms with Gasteiger partial charge in [-0.15, -0.1) is 0 Å². The van der Waals surface area contributed by atoms with Gasteiger partial charge < -0.3 is 5.32 Å². The number of thioether (sulfide) groups is 1. The van der Waals surface area contributed by atoms with Gasteiger partial charge in [0.05, 0.1) is 0 Å². The van der Waals surface area contributed by atoms with Gasteiger partial charge in [-0.05, 0) is 31.9 Å². The first-order chi connectivity index (χ1) is 6.22. The molecule has 1 fully saturated rings. The average molecular weight is 199 g/mol. The van der Waals surface area contributed by atoms with Gasteiger partial charge in [0.1, 0.15) is 0 Å². The van der Waals surface area contributed by atoms with Gasteiger partial charge in [-0.2, -0.15) is 11.8 Å². The molecule has 2 unspecified atom stereocenters. The van der Waals surface area contributed by atoms with Crippen LogP contribution in [0.4, 0.5) is 0 Å². The summed E-state index contributed by atoms with van der Waals surface area (Å²) < 4.78 is 0. The third kappa shape index (κ3) is 4.19. The first kappa shape index (κ1) is 11.1. The fourth-order valence-corrected chi connectivity index (χ4v) is 2.97. The quantitative estimate of drug-likeness (QED) is 0.683. The maximum absolute atomic E-state index is 3.90. The predicted molar refractivity (Wildman–Crippen MR) is 62.4 cm³/mol. The minimum absolute atomic E-state index is 0.751. The number of hydrogen-bond donors (Lipinski definition) is 1. The minimum Gasteiger partial charge on any atom is -0.310 e. The van der Waals surface area contributed by atoms with Crippen LogP contribution < -0.4 is 5.32 Å². The van der Waals surface area contributed by atoms with Crippen LogP contribution >= 0.6 is 11.8 Å². The molecule has 13 heavy (non-hydrogen) atoms. The van der Waals surface area contributed by atoms with E-state index in [2.05, 4.69) is 37.5 Å². The van der Waals surface area contributed by atoms with Crippen LogP contribution in [0.2, 0.25) is 0 Å². The van der Waals surface area contributed by atoms with Crippen molar-refractivity contribution in [1.82, 2.24) is 5.32 Å². The summed E-state index contributed by atoms with van der Waals surface area (Å²) in [6, 6.07) is 0.751. The van der Waals surface area contributed by atoms with E-state index in [1.54, 1.807) is 0 Å². The van der Waals surface area contributed by atoms with E-state index in [0.717, 1.165) is 17.8 Å². The Hall–Kier alpha value is 0.0500. The van der Waals surface area contributed by atoms with Crippen molar-refractivity contribution in [2.24, 2.45) is 0 Å². The van der Waals surface area contributed by atoms with Gasteiger partial charge >= 0.3 is 0 Å². The highest BCUT2D eigenvalue weighted by Crippen LogP contribution is 2.29. The van der Waals surface area contributed by atoms with Crippen LogP contribution in [0, 0.1) is 0 Å². The van der Waals surface area contributed by atoms with Crippen molar-refractivity contribution in [3.63, 3.8) is 0 Å². The Morgan fingerprint density at radius 1 is 1.54 bits per heavy atom. The maximum Gasteiger partial charge on any atom is 0.0161 e. The summed E-state index contributed by atoms with van der Waals surface area (Å²) in [7, 11) is 0. The third-order valence-corrected chi connectivity index (χ3v) is 3.71. The van der Waals surface area contributed by atoms with Crippen LogP contribution in [-0.4, -0.2) is 23.6 Å². The summed E-state index contributed by atoms with van der Waals surface area (Å²) in [6.45, 7) is 9.23. The lowest BCUT2D eigenvalue weighted by Crippen LogP contribution is -2.27. The standard InChI is InChI=1S/C11H21NS/c1-4-13-11-6-5-10(7-11)12-8-9(2)3/h10-12H,2,4-8H2,1,3H3. The molecule has 0 radical (unpaired) electrons. The zero-order valence-electron chi connectivity index (χ0n) is 8.81. The van der Waals surface area contributed by atoms with Crippen LogP contribution in [0.15, 0.2) is 12.2 Å². The molecule has 76 valence electrons. The fraction of sp³-hybridized carbons (Fsp3) is 0.818. The van der Waals surface area contributed by atoms with E-state index in [4.69, 9.17) is 0 Å². The zero-order chi connectivity index (χ0) is 9.68. The maximum atomic E-state index is 3.90. The highest BCUT2D eigenvalue weighted by molar-refractivity contribution is 7.99. The van der Waals surface area contributed by atoms with E-state index in [0.29, 0.717) is 0 Å². The molecule has 1 saturated carbocycles. The lowest BCUT2D eigenvalue weighted by molar-refractivity contribution is 0.550. The molecule has 0 amide bonds. The molecule has 1 N–H and O–H groups in total. The largest absolute Gasteiger partial charge is 0.310 e. The molecular weight excluding hydrogens is 178 g/mol. The lowest BCUT2D eigenvalue weighted by atomic mass is 10.2. The molecule has 2 heteroatoms. The van der Waals surface area contributed by atoms with Crippen LogP contribution in [-0.2, 0) is 0 Å². The third-order valence-electron chi connectivity index (χ3n) is 2.48. The Bertz CT molecular complexity index is 167. The number of rotatable bonds is 5. The molecule has 0 heterocycles. The number of hydrogen-bond acceptors (Lipinski definition) is 2. The van der Waals surface area contributed by atoms with Crippen molar-refractivity contribution in [3.8, 4) is 0 Å². The molecule has 0 aliphatic heterocycles. The normalized spacial score (nSPS) is 27.8. The smallest absolute Gasteiger partial charge is 0.0161 e. The molecule has 0 saturated heterocycles. The Kier molecular flexibility index (Phi) is 4.89. The van der Waals surface area contributed by atoms with Gasteiger partial charge in [0, 0.05) is 17.8 Å². The highest BCUT2D eigenvalue weighted by atomic mass is 32.2. The monoisotopic (exact) mass is 199 g/mol. The molecular formula is C11H21NS. The second kappa shape index (κ2) is 5.71. The summed E-state index contributed by atoms with van der Waals surface area (Å²) in [5.74, 6) is 1.26.